The lowest BCUT2D eigenvalue weighted by atomic mass is 10.0. The van der Waals surface area contributed by atoms with Gasteiger partial charge in [0.15, 0.2) is 0 Å². The summed E-state index contributed by atoms with van der Waals surface area (Å²) in [5.41, 5.74) is 4.73. The monoisotopic (exact) mass is 251 g/mol. The number of nitrogens with two attached hydrogens (primary N) is 1. The number of halogens is 1. The third-order valence-corrected chi connectivity index (χ3v) is 3.06. The maximum Gasteiger partial charge on any atom is 0.0770 e. The van der Waals surface area contributed by atoms with Gasteiger partial charge in [0.05, 0.1) is 17.9 Å². The Balaban J connectivity index is 2.22. The molecular weight excluding hydrogens is 238 g/mol. The fraction of sp³-hybridized carbons (Fsp3) is 0.273. The standard InChI is InChI=1S/C11H14ClN5/c1-17-11(7-14-16-17)10(15-13)6-8-4-2-3-5-9(8)12/h2-5,7,10,15H,6,13H2,1H3. The summed E-state index contributed by atoms with van der Waals surface area (Å²) >= 11 is 6.12. The van der Waals surface area contributed by atoms with Gasteiger partial charge in [-0.25, -0.2) is 0 Å². The average Bonchev–Trinajstić information content (AvgIpc) is 2.75. The minimum absolute atomic E-state index is 0.0603. The van der Waals surface area contributed by atoms with E-state index >= 15 is 0 Å². The van der Waals surface area contributed by atoms with Gasteiger partial charge in [-0.3, -0.25) is 16.0 Å². The second-order valence-electron chi connectivity index (χ2n) is 3.80. The van der Waals surface area contributed by atoms with Crippen molar-refractivity contribution < 1.29 is 0 Å². The Hall–Kier alpha value is -1.43. The summed E-state index contributed by atoms with van der Waals surface area (Å²) in [6, 6.07) is 7.65. The molecule has 5 nitrogen and oxygen atoms in total. The van der Waals surface area contributed by atoms with Crippen LogP contribution in [0.15, 0.2) is 30.5 Å². The van der Waals surface area contributed by atoms with Crippen LogP contribution in [0.5, 0.6) is 0 Å². The molecule has 3 N–H and O–H groups in total. The van der Waals surface area contributed by atoms with Gasteiger partial charge in [0.25, 0.3) is 0 Å². The summed E-state index contributed by atoms with van der Waals surface area (Å²) in [6.07, 6.45) is 2.39. The summed E-state index contributed by atoms with van der Waals surface area (Å²) < 4.78 is 1.70. The minimum Gasteiger partial charge on any atom is -0.271 e. The molecule has 0 spiro atoms. The predicted molar refractivity (Wildman–Crippen MR) is 66.2 cm³/mol. The number of aryl methyl sites for hydroxylation is 1. The van der Waals surface area contributed by atoms with Crippen molar-refractivity contribution in [2.45, 2.75) is 12.5 Å². The Kier molecular flexibility index (Phi) is 3.73. The first-order valence-electron chi connectivity index (χ1n) is 5.26. The zero-order valence-corrected chi connectivity index (χ0v) is 10.2. The molecule has 2 aromatic rings. The highest BCUT2D eigenvalue weighted by atomic mass is 35.5. The highest BCUT2D eigenvalue weighted by Gasteiger charge is 2.15. The van der Waals surface area contributed by atoms with E-state index in [1.807, 2.05) is 31.3 Å². The average molecular weight is 252 g/mol. The van der Waals surface area contributed by atoms with Gasteiger partial charge in [-0.2, -0.15) is 0 Å². The van der Waals surface area contributed by atoms with Gasteiger partial charge in [0, 0.05) is 12.1 Å². The van der Waals surface area contributed by atoms with Crippen LogP contribution < -0.4 is 11.3 Å². The summed E-state index contributed by atoms with van der Waals surface area (Å²) in [5.74, 6) is 5.57. The fourth-order valence-corrected chi connectivity index (χ4v) is 1.96. The maximum atomic E-state index is 6.12. The molecule has 0 amide bonds. The first kappa shape index (κ1) is 12.0. The number of aromatic nitrogens is 3. The van der Waals surface area contributed by atoms with Gasteiger partial charge in [-0.1, -0.05) is 35.0 Å². The van der Waals surface area contributed by atoms with Crippen molar-refractivity contribution in [3.05, 3.63) is 46.7 Å². The highest BCUT2D eigenvalue weighted by Crippen LogP contribution is 2.22. The van der Waals surface area contributed by atoms with Crippen molar-refractivity contribution in [3.8, 4) is 0 Å². The molecule has 1 atom stereocenters. The quantitative estimate of drug-likeness (QED) is 0.633. The number of benzene rings is 1. The Labute approximate surface area is 105 Å². The van der Waals surface area contributed by atoms with Crippen LogP contribution in [0.3, 0.4) is 0 Å². The number of hydrogen-bond donors (Lipinski definition) is 2. The summed E-state index contributed by atoms with van der Waals surface area (Å²) in [6.45, 7) is 0. The molecule has 17 heavy (non-hydrogen) atoms. The van der Waals surface area contributed by atoms with Crippen LogP contribution in [0.2, 0.25) is 5.02 Å². The molecule has 2 rings (SSSR count). The van der Waals surface area contributed by atoms with E-state index in [4.69, 9.17) is 17.4 Å². The number of rotatable bonds is 4. The number of hydrogen-bond acceptors (Lipinski definition) is 4. The van der Waals surface area contributed by atoms with Crippen molar-refractivity contribution in [3.63, 3.8) is 0 Å². The third kappa shape index (κ3) is 2.63. The predicted octanol–water partition coefficient (Wildman–Crippen LogP) is 1.22. The summed E-state index contributed by atoms with van der Waals surface area (Å²) in [5, 5.41) is 8.47. The van der Waals surface area contributed by atoms with Crippen molar-refractivity contribution in [1.82, 2.24) is 20.4 Å². The maximum absolute atomic E-state index is 6.12. The highest BCUT2D eigenvalue weighted by molar-refractivity contribution is 6.31. The molecule has 90 valence electrons. The molecule has 0 saturated heterocycles. The smallest absolute Gasteiger partial charge is 0.0770 e. The van der Waals surface area contributed by atoms with E-state index in [0.29, 0.717) is 6.42 Å². The lowest BCUT2D eigenvalue weighted by Crippen LogP contribution is -2.31. The Morgan fingerprint density at radius 2 is 2.24 bits per heavy atom. The van der Waals surface area contributed by atoms with Gasteiger partial charge in [0.2, 0.25) is 0 Å². The molecule has 0 aliphatic carbocycles. The minimum atomic E-state index is -0.0603. The van der Waals surface area contributed by atoms with E-state index < -0.39 is 0 Å². The van der Waals surface area contributed by atoms with Crippen LogP contribution in [0.1, 0.15) is 17.3 Å². The van der Waals surface area contributed by atoms with E-state index in [-0.39, 0.29) is 6.04 Å². The lowest BCUT2D eigenvalue weighted by Gasteiger charge is -2.16. The molecule has 1 aromatic carbocycles. The van der Waals surface area contributed by atoms with E-state index in [9.17, 15) is 0 Å². The zero-order valence-electron chi connectivity index (χ0n) is 9.47. The van der Waals surface area contributed by atoms with Crippen LogP contribution in [0.4, 0.5) is 0 Å². The SMILES string of the molecule is Cn1nncc1C(Cc1ccccc1Cl)NN. The van der Waals surface area contributed by atoms with Crippen LogP contribution in [-0.2, 0) is 13.5 Å². The van der Waals surface area contributed by atoms with Crippen molar-refractivity contribution in [2.75, 3.05) is 0 Å². The molecule has 0 aliphatic heterocycles. The second-order valence-corrected chi connectivity index (χ2v) is 4.20. The first-order valence-corrected chi connectivity index (χ1v) is 5.64. The molecule has 0 saturated carbocycles. The van der Waals surface area contributed by atoms with Gasteiger partial charge >= 0.3 is 0 Å². The van der Waals surface area contributed by atoms with Gasteiger partial charge < -0.3 is 0 Å². The third-order valence-electron chi connectivity index (χ3n) is 2.69. The number of nitrogens with one attached hydrogen (secondary N) is 1. The topological polar surface area (TPSA) is 68.8 Å². The Bertz CT molecular complexity index is 496. The van der Waals surface area contributed by atoms with Gasteiger partial charge in [-0.15, -0.1) is 5.10 Å². The molecule has 6 heteroatoms. The summed E-state index contributed by atoms with van der Waals surface area (Å²) in [4.78, 5) is 0. The Morgan fingerprint density at radius 1 is 1.47 bits per heavy atom. The normalized spacial score (nSPS) is 12.6. The molecular formula is C11H14ClN5. The second kappa shape index (κ2) is 5.27. The van der Waals surface area contributed by atoms with Crippen molar-refractivity contribution in [1.29, 1.82) is 0 Å². The summed E-state index contributed by atoms with van der Waals surface area (Å²) in [7, 11) is 1.83. The van der Waals surface area contributed by atoms with Crippen LogP contribution in [0.25, 0.3) is 0 Å². The van der Waals surface area contributed by atoms with Crippen LogP contribution in [-0.4, -0.2) is 15.0 Å². The van der Waals surface area contributed by atoms with E-state index in [2.05, 4.69) is 15.7 Å². The largest absolute Gasteiger partial charge is 0.271 e. The molecule has 0 fully saturated rings. The fourth-order valence-electron chi connectivity index (χ4n) is 1.75. The van der Waals surface area contributed by atoms with Gasteiger partial charge in [-0.05, 0) is 18.1 Å². The van der Waals surface area contributed by atoms with Crippen molar-refractivity contribution in [2.24, 2.45) is 12.9 Å². The Morgan fingerprint density at radius 3 is 2.82 bits per heavy atom. The molecule has 1 unspecified atom stereocenters. The lowest BCUT2D eigenvalue weighted by molar-refractivity contribution is 0.507. The van der Waals surface area contributed by atoms with Crippen LogP contribution in [0, 0.1) is 0 Å². The van der Waals surface area contributed by atoms with E-state index in [1.165, 1.54) is 0 Å². The molecule has 1 heterocycles. The molecule has 0 radical (unpaired) electrons. The molecule has 0 bridgehead atoms. The molecule has 0 aliphatic rings. The molecule has 1 aromatic heterocycles. The van der Waals surface area contributed by atoms with E-state index in [0.717, 1.165) is 16.3 Å². The van der Waals surface area contributed by atoms with Gasteiger partial charge in [0.1, 0.15) is 0 Å². The number of hydrazine groups is 1. The van der Waals surface area contributed by atoms with Crippen molar-refractivity contribution >= 4 is 11.6 Å². The van der Waals surface area contributed by atoms with E-state index in [1.54, 1.807) is 10.9 Å². The number of nitrogens with zero attached hydrogens (tertiary/aromatic N) is 3. The zero-order chi connectivity index (χ0) is 12.3. The van der Waals surface area contributed by atoms with Crippen LogP contribution >= 0.6 is 11.6 Å². The first-order chi connectivity index (χ1) is 8.22.